The Hall–Kier alpha value is -7.36. The lowest BCUT2D eigenvalue weighted by molar-refractivity contribution is 0.669. The number of aromatic nitrogens is 1. The molecule has 0 aliphatic carbocycles. The summed E-state index contributed by atoms with van der Waals surface area (Å²) in [5.41, 5.74) is 13.4. The van der Waals surface area contributed by atoms with Crippen LogP contribution in [0.15, 0.2) is 211 Å². The first-order valence-electron chi connectivity index (χ1n) is 18.8. The maximum Gasteiger partial charge on any atom is 0.136 e. The predicted molar refractivity (Wildman–Crippen MR) is 231 cm³/mol. The van der Waals surface area contributed by atoms with Crippen molar-refractivity contribution in [2.45, 2.75) is 0 Å². The Kier molecular flexibility index (Phi) is 7.17. The van der Waals surface area contributed by atoms with Crippen LogP contribution in [-0.4, -0.2) is 4.57 Å². The smallest absolute Gasteiger partial charge is 0.136 e. The highest BCUT2D eigenvalue weighted by Crippen LogP contribution is 2.42. The van der Waals surface area contributed by atoms with Crippen molar-refractivity contribution in [3.8, 4) is 27.9 Å². The average molecular weight is 703 g/mol. The van der Waals surface area contributed by atoms with Crippen molar-refractivity contribution in [2.75, 3.05) is 4.90 Å². The van der Waals surface area contributed by atoms with Gasteiger partial charge in [-0.2, -0.15) is 0 Å². The molecule has 55 heavy (non-hydrogen) atoms. The highest BCUT2D eigenvalue weighted by atomic mass is 16.3. The molecule has 0 amide bonds. The van der Waals surface area contributed by atoms with Gasteiger partial charge in [0.1, 0.15) is 11.2 Å². The molecule has 0 saturated heterocycles. The molecule has 0 spiro atoms. The lowest BCUT2D eigenvalue weighted by Gasteiger charge is -2.27. The second-order valence-electron chi connectivity index (χ2n) is 14.1. The van der Waals surface area contributed by atoms with Gasteiger partial charge in [0.25, 0.3) is 0 Å². The summed E-state index contributed by atoms with van der Waals surface area (Å²) in [6, 6.07) is 74.0. The zero-order valence-corrected chi connectivity index (χ0v) is 29.9. The van der Waals surface area contributed by atoms with Crippen LogP contribution in [0.3, 0.4) is 0 Å². The molecular weight excluding hydrogens is 669 g/mol. The number of hydrogen-bond donors (Lipinski definition) is 0. The van der Waals surface area contributed by atoms with Gasteiger partial charge >= 0.3 is 0 Å². The summed E-state index contributed by atoms with van der Waals surface area (Å²) in [4.78, 5) is 2.37. The predicted octanol–water partition coefficient (Wildman–Crippen LogP) is 14.6. The van der Waals surface area contributed by atoms with Crippen molar-refractivity contribution in [3.05, 3.63) is 206 Å². The fourth-order valence-corrected chi connectivity index (χ4v) is 8.46. The molecule has 0 saturated carbocycles. The van der Waals surface area contributed by atoms with E-state index in [1.54, 1.807) is 0 Å². The van der Waals surface area contributed by atoms with Gasteiger partial charge in [-0.3, -0.25) is 0 Å². The monoisotopic (exact) mass is 702 g/mol. The number of rotatable bonds is 6. The first-order chi connectivity index (χ1) is 27.3. The lowest BCUT2D eigenvalue weighted by Crippen LogP contribution is -2.10. The molecule has 0 aliphatic rings. The molecule has 0 atom stereocenters. The first-order valence-corrected chi connectivity index (χ1v) is 18.8. The van der Waals surface area contributed by atoms with Crippen LogP contribution in [0.5, 0.6) is 0 Å². The van der Waals surface area contributed by atoms with Crippen LogP contribution in [0.1, 0.15) is 0 Å². The average Bonchev–Trinajstić information content (AvgIpc) is 3.81. The van der Waals surface area contributed by atoms with E-state index in [1.807, 2.05) is 12.1 Å². The first kappa shape index (κ1) is 31.2. The summed E-state index contributed by atoms with van der Waals surface area (Å²) >= 11 is 0. The third-order valence-corrected chi connectivity index (χ3v) is 11.0. The molecule has 0 radical (unpaired) electrons. The van der Waals surface area contributed by atoms with E-state index in [4.69, 9.17) is 4.42 Å². The van der Waals surface area contributed by atoms with Gasteiger partial charge in [0.2, 0.25) is 0 Å². The second-order valence-corrected chi connectivity index (χ2v) is 14.1. The molecule has 258 valence electrons. The van der Waals surface area contributed by atoms with Gasteiger partial charge in [0.15, 0.2) is 0 Å². The highest BCUT2D eigenvalue weighted by molar-refractivity contribution is 6.12. The molecule has 9 aromatic carbocycles. The molecule has 2 heterocycles. The van der Waals surface area contributed by atoms with Crippen LogP contribution < -0.4 is 4.90 Å². The summed E-state index contributed by atoms with van der Waals surface area (Å²) < 4.78 is 8.60. The minimum atomic E-state index is 0.904. The molecule has 2 aromatic heterocycles. The van der Waals surface area contributed by atoms with E-state index in [1.165, 1.54) is 49.3 Å². The summed E-state index contributed by atoms with van der Waals surface area (Å²) in [6.07, 6.45) is 0. The van der Waals surface area contributed by atoms with E-state index in [0.717, 1.165) is 50.3 Å². The fraction of sp³-hybridized carbons (Fsp3) is 0. The molecule has 11 rings (SSSR count). The van der Waals surface area contributed by atoms with Crippen molar-refractivity contribution in [3.63, 3.8) is 0 Å². The van der Waals surface area contributed by atoms with E-state index in [2.05, 4.69) is 204 Å². The van der Waals surface area contributed by atoms with Crippen LogP contribution in [0, 0.1) is 0 Å². The maximum absolute atomic E-state index is 6.22. The van der Waals surface area contributed by atoms with E-state index in [-0.39, 0.29) is 0 Å². The van der Waals surface area contributed by atoms with Crippen molar-refractivity contribution >= 4 is 71.6 Å². The van der Waals surface area contributed by atoms with Gasteiger partial charge in [-0.15, -0.1) is 0 Å². The van der Waals surface area contributed by atoms with E-state index >= 15 is 0 Å². The second kappa shape index (κ2) is 12.6. The van der Waals surface area contributed by atoms with Crippen molar-refractivity contribution in [1.82, 2.24) is 4.57 Å². The lowest BCUT2D eigenvalue weighted by atomic mass is 9.98. The Balaban J connectivity index is 1.00. The minimum Gasteiger partial charge on any atom is -0.456 e. The van der Waals surface area contributed by atoms with Crippen LogP contribution in [-0.2, 0) is 0 Å². The summed E-state index contributed by atoms with van der Waals surface area (Å²) in [5.74, 6) is 0. The Morgan fingerprint density at radius 1 is 0.382 bits per heavy atom. The molecule has 0 bridgehead atoms. The van der Waals surface area contributed by atoms with Crippen molar-refractivity contribution in [2.24, 2.45) is 0 Å². The molecule has 0 N–H and O–H groups in total. The minimum absolute atomic E-state index is 0.904. The van der Waals surface area contributed by atoms with E-state index in [0.29, 0.717) is 0 Å². The van der Waals surface area contributed by atoms with Gasteiger partial charge in [0, 0.05) is 44.0 Å². The topological polar surface area (TPSA) is 21.3 Å². The number of hydrogen-bond acceptors (Lipinski definition) is 2. The molecule has 0 fully saturated rings. The maximum atomic E-state index is 6.22. The van der Waals surface area contributed by atoms with Crippen LogP contribution in [0.4, 0.5) is 17.1 Å². The molecule has 3 nitrogen and oxygen atoms in total. The van der Waals surface area contributed by atoms with Gasteiger partial charge in [-0.1, -0.05) is 140 Å². The summed E-state index contributed by atoms with van der Waals surface area (Å²) in [7, 11) is 0. The SMILES string of the molecule is c1cc(-c2ccc(N(c3ccc(-c4cccc5oc6ccccc6c45)cc3)c3cccc4ccccc34)cc2)cc(-n2c3ccccc3c3ccccc32)c1. The van der Waals surface area contributed by atoms with Gasteiger partial charge < -0.3 is 13.9 Å². The summed E-state index contributed by atoms with van der Waals surface area (Å²) in [6.45, 7) is 0. The van der Waals surface area contributed by atoms with Gasteiger partial charge in [-0.05, 0) is 94.4 Å². The molecule has 11 aromatic rings. The zero-order valence-electron chi connectivity index (χ0n) is 29.9. The number of anilines is 3. The highest BCUT2D eigenvalue weighted by Gasteiger charge is 2.18. The Labute approximate surface area is 318 Å². The Bertz CT molecular complexity index is 3150. The van der Waals surface area contributed by atoms with Crippen LogP contribution in [0.25, 0.3) is 82.5 Å². The van der Waals surface area contributed by atoms with E-state index in [9.17, 15) is 0 Å². The number of furan rings is 1. The van der Waals surface area contributed by atoms with Gasteiger partial charge in [0.05, 0.1) is 16.7 Å². The standard InChI is InChI=1S/C52H34N2O/c1-2-16-42-36(12-1)13-10-23-47(42)53(40-32-28-37(29-33-40)43-20-11-25-51-52(43)46-19-5-8-24-50(46)55-51)39-30-26-35(27-31-39)38-14-9-15-41(34-38)54-48-21-6-3-17-44(48)45-18-4-7-22-49(45)54/h1-34H. The molecule has 3 heteroatoms. The number of para-hydroxylation sites is 3. The Morgan fingerprint density at radius 3 is 1.69 bits per heavy atom. The van der Waals surface area contributed by atoms with Crippen molar-refractivity contribution < 1.29 is 4.42 Å². The molecule has 0 unspecified atom stereocenters. The quantitative estimate of drug-likeness (QED) is 0.172. The molecule has 0 aliphatic heterocycles. The third-order valence-electron chi connectivity index (χ3n) is 11.0. The normalized spacial score (nSPS) is 11.6. The number of fused-ring (bicyclic) bond motifs is 7. The Morgan fingerprint density at radius 2 is 0.945 bits per heavy atom. The van der Waals surface area contributed by atoms with Crippen molar-refractivity contribution in [1.29, 1.82) is 0 Å². The number of nitrogens with zero attached hydrogens (tertiary/aromatic N) is 2. The molecular formula is C52H34N2O. The van der Waals surface area contributed by atoms with Crippen LogP contribution in [0.2, 0.25) is 0 Å². The van der Waals surface area contributed by atoms with E-state index < -0.39 is 0 Å². The zero-order chi connectivity index (χ0) is 36.3. The third kappa shape index (κ3) is 5.13. The van der Waals surface area contributed by atoms with Gasteiger partial charge in [-0.25, -0.2) is 0 Å². The van der Waals surface area contributed by atoms with Crippen LogP contribution >= 0.6 is 0 Å². The fourth-order valence-electron chi connectivity index (χ4n) is 8.46. The number of benzene rings is 9. The largest absolute Gasteiger partial charge is 0.456 e. The summed E-state index contributed by atoms with van der Waals surface area (Å²) in [5, 5.41) is 7.22.